The third-order valence-electron chi connectivity index (χ3n) is 4.73. The molecule has 7 nitrogen and oxygen atoms in total. The van der Waals surface area contributed by atoms with E-state index in [1.54, 1.807) is 49.5 Å². The fourth-order valence-electron chi connectivity index (χ4n) is 3.14. The summed E-state index contributed by atoms with van der Waals surface area (Å²) in [5.41, 5.74) is 0.504. The van der Waals surface area contributed by atoms with E-state index in [1.165, 1.54) is 6.20 Å². The Hall–Kier alpha value is -2.80. The molecule has 2 heterocycles. The molecule has 3 rings (SSSR count). The van der Waals surface area contributed by atoms with E-state index in [9.17, 15) is 9.59 Å². The van der Waals surface area contributed by atoms with Crippen molar-refractivity contribution in [2.24, 2.45) is 5.92 Å². The number of pyridine rings is 1. The van der Waals surface area contributed by atoms with Crippen molar-refractivity contribution in [3.63, 3.8) is 0 Å². The van der Waals surface area contributed by atoms with Crippen molar-refractivity contribution in [3.05, 3.63) is 47.1 Å². The number of amides is 2. The van der Waals surface area contributed by atoms with E-state index < -0.39 is 0 Å². The first-order valence-electron chi connectivity index (χ1n) is 8.95. The lowest BCUT2D eigenvalue weighted by Crippen LogP contribution is -2.41. The maximum absolute atomic E-state index is 12.8. The first-order valence-corrected chi connectivity index (χ1v) is 9.32. The van der Waals surface area contributed by atoms with Crippen molar-refractivity contribution in [2.45, 2.75) is 12.8 Å². The molecule has 0 atom stereocenters. The zero-order valence-electron chi connectivity index (χ0n) is 15.8. The molecule has 28 heavy (non-hydrogen) atoms. The number of rotatable bonds is 5. The molecule has 8 heteroatoms. The van der Waals surface area contributed by atoms with E-state index >= 15 is 0 Å². The van der Waals surface area contributed by atoms with Gasteiger partial charge in [-0.05, 0) is 37.1 Å². The summed E-state index contributed by atoms with van der Waals surface area (Å²) in [5, 5.41) is 3.31. The molecule has 1 N–H and O–H groups in total. The van der Waals surface area contributed by atoms with Gasteiger partial charge in [0.25, 0.3) is 5.91 Å². The minimum absolute atomic E-state index is 0.0926. The number of nitrogens with zero attached hydrogens (tertiary/aromatic N) is 2. The molecule has 2 aromatic rings. The van der Waals surface area contributed by atoms with Gasteiger partial charge in [0, 0.05) is 36.8 Å². The van der Waals surface area contributed by atoms with Crippen LogP contribution in [0.3, 0.4) is 0 Å². The third-order valence-corrected chi connectivity index (χ3v) is 4.95. The predicted molar refractivity (Wildman–Crippen MR) is 106 cm³/mol. The van der Waals surface area contributed by atoms with Gasteiger partial charge in [0.2, 0.25) is 5.91 Å². The molecule has 1 saturated heterocycles. The molecule has 0 spiro atoms. The molecule has 1 aromatic carbocycles. The number of carbonyl (C=O) groups is 2. The van der Waals surface area contributed by atoms with Crippen LogP contribution in [0.15, 0.2) is 36.5 Å². The van der Waals surface area contributed by atoms with Crippen LogP contribution < -0.4 is 14.8 Å². The summed E-state index contributed by atoms with van der Waals surface area (Å²) in [6.07, 6.45) is 2.67. The van der Waals surface area contributed by atoms with Gasteiger partial charge in [0.1, 0.15) is 17.3 Å². The Morgan fingerprint density at radius 2 is 1.75 bits per heavy atom. The number of nitrogens with one attached hydrogen (secondary N) is 1. The molecule has 0 aliphatic carbocycles. The number of aromatic nitrogens is 1. The van der Waals surface area contributed by atoms with Crippen molar-refractivity contribution in [2.75, 3.05) is 32.6 Å². The second kappa shape index (κ2) is 8.93. The SMILES string of the molecule is COc1cc(OC)cc(C(=O)N2CCC(C(=O)Nc3ccc(Cl)cn3)CC2)c1. The van der Waals surface area contributed by atoms with E-state index in [1.807, 2.05) is 0 Å². The summed E-state index contributed by atoms with van der Waals surface area (Å²) in [5.74, 6) is 1.23. The summed E-state index contributed by atoms with van der Waals surface area (Å²) in [6, 6.07) is 8.44. The average molecular weight is 404 g/mol. The highest BCUT2D eigenvalue weighted by atomic mass is 35.5. The molecule has 0 bridgehead atoms. The van der Waals surface area contributed by atoms with Crippen molar-refractivity contribution < 1.29 is 19.1 Å². The van der Waals surface area contributed by atoms with Crippen molar-refractivity contribution in [1.82, 2.24) is 9.88 Å². The number of likely N-dealkylation sites (tertiary alicyclic amines) is 1. The molecule has 1 aliphatic heterocycles. The molecular weight excluding hydrogens is 382 g/mol. The number of benzene rings is 1. The minimum atomic E-state index is -0.165. The Labute approximate surface area is 168 Å². The number of hydrogen-bond donors (Lipinski definition) is 1. The molecule has 0 saturated carbocycles. The van der Waals surface area contributed by atoms with Gasteiger partial charge < -0.3 is 19.7 Å². The molecular formula is C20H22ClN3O4. The quantitative estimate of drug-likeness (QED) is 0.828. The number of halogens is 1. The Morgan fingerprint density at radius 1 is 1.11 bits per heavy atom. The topological polar surface area (TPSA) is 80.8 Å². The molecule has 2 amide bonds. The van der Waals surface area contributed by atoms with Crippen molar-refractivity contribution in [1.29, 1.82) is 0 Å². The van der Waals surface area contributed by atoms with Crippen LogP contribution in [0.2, 0.25) is 5.02 Å². The van der Waals surface area contributed by atoms with Crippen LogP contribution in [0.4, 0.5) is 5.82 Å². The number of methoxy groups -OCH3 is 2. The number of anilines is 1. The second-order valence-electron chi connectivity index (χ2n) is 6.52. The smallest absolute Gasteiger partial charge is 0.254 e. The zero-order chi connectivity index (χ0) is 20.1. The van der Waals surface area contributed by atoms with Crippen LogP contribution in [-0.2, 0) is 4.79 Å². The highest BCUT2D eigenvalue weighted by Gasteiger charge is 2.28. The van der Waals surface area contributed by atoms with Gasteiger partial charge in [0.15, 0.2) is 0 Å². The van der Waals surface area contributed by atoms with Crippen LogP contribution in [-0.4, -0.2) is 49.0 Å². The highest BCUT2D eigenvalue weighted by molar-refractivity contribution is 6.30. The summed E-state index contributed by atoms with van der Waals surface area (Å²) in [6.45, 7) is 1.01. The molecule has 0 unspecified atom stereocenters. The van der Waals surface area contributed by atoms with Gasteiger partial charge in [-0.25, -0.2) is 4.98 Å². The van der Waals surface area contributed by atoms with Gasteiger partial charge in [-0.2, -0.15) is 0 Å². The number of carbonyl (C=O) groups excluding carboxylic acids is 2. The zero-order valence-corrected chi connectivity index (χ0v) is 16.5. The maximum atomic E-state index is 12.8. The van der Waals surface area contributed by atoms with Crippen LogP contribution in [0.25, 0.3) is 0 Å². The van der Waals surface area contributed by atoms with Crippen LogP contribution in [0, 0.1) is 5.92 Å². The Balaban J connectivity index is 1.59. The largest absolute Gasteiger partial charge is 0.497 e. The third kappa shape index (κ3) is 4.72. The highest BCUT2D eigenvalue weighted by Crippen LogP contribution is 2.26. The minimum Gasteiger partial charge on any atom is -0.497 e. The Morgan fingerprint density at radius 3 is 2.29 bits per heavy atom. The lowest BCUT2D eigenvalue weighted by molar-refractivity contribution is -0.121. The standard InChI is InChI=1S/C20H22ClN3O4/c1-27-16-9-14(10-17(11-16)28-2)20(26)24-7-5-13(6-8-24)19(25)23-18-4-3-15(21)12-22-18/h3-4,9-13H,5-8H2,1-2H3,(H,22,23,25). The number of ether oxygens (including phenoxy) is 2. The van der Waals surface area contributed by atoms with E-state index in [0.717, 1.165) is 0 Å². The van der Waals surface area contributed by atoms with Crippen LogP contribution >= 0.6 is 11.6 Å². The summed E-state index contributed by atoms with van der Waals surface area (Å²) < 4.78 is 10.5. The van der Waals surface area contributed by atoms with E-state index in [-0.39, 0.29) is 17.7 Å². The summed E-state index contributed by atoms with van der Waals surface area (Å²) in [4.78, 5) is 31.1. The van der Waals surface area contributed by atoms with Crippen molar-refractivity contribution >= 4 is 29.2 Å². The molecule has 1 aliphatic rings. The van der Waals surface area contributed by atoms with Gasteiger partial charge in [-0.3, -0.25) is 9.59 Å². The molecule has 148 valence electrons. The molecule has 1 fully saturated rings. The Kier molecular flexibility index (Phi) is 6.36. The fourth-order valence-corrected chi connectivity index (χ4v) is 3.25. The van der Waals surface area contributed by atoms with Crippen LogP contribution in [0.5, 0.6) is 11.5 Å². The predicted octanol–water partition coefficient (Wildman–Crippen LogP) is 3.24. The Bertz CT molecular complexity index is 827. The monoisotopic (exact) mass is 403 g/mol. The normalized spacial score (nSPS) is 14.5. The first kappa shape index (κ1) is 19.9. The maximum Gasteiger partial charge on any atom is 0.254 e. The lowest BCUT2D eigenvalue weighted by atomic mass is 9.95. The average Bonchev–Trinajstić information content (AvgIpc) is 2.74. The van der Waals surface area contributed by atoms with Gasteiger partial charge >= 0.3 is 0 Å². The first-order chi connectivity index (χ1) is 13.5. The van der Waals surface area contributed by atoms with Crippen LogP contribution in [0.1, 0.15) is 23.2 Å². The van der Waals surface area contributed by atoms with Gasteiger partial charge in [0.05, 0.1) is 19.2 Å². The lowest BCUT2D eigenvalue weighted by Gasteiger charge is -2.31. The number of piperidine rings is 1. The van der Waals surface area contributed by atoms with E-state index in [4.69, 9.17) is 21.1 Å². The molecule has 0 radical (unpaired) electrons. The number of hydrogen-bond acceptors (Lipinski definition) is 5. The molecule has 1 aromatic heterocycles. The fraction of sp³-hybridized carbons (Fsp3) is 0.350. The van der Waals surface area contributed by atoms with E-state index in [0.29, 0.717) is 53.8 Å². The second-order valence-corrected chi connectivity index (χ2v) is 6.96. The van der Waals surface area contributed by atoms with Gasteiger partial charge in [-0.15, -0.1) is 0 Å². The van der Waals surface area contributed by atoms with E-state index in [2.05, 4.69) is 10.3 Å². The van der Waals surface area contributed by atoms with Crippen molar-refractivity contribution in [3.8, 4) is 11.5 Å². The summed E-state index contributed by atoms with van der Waals surface area (Å²) in [7, 11) is 3.09. The van der Waals surface area contributed by atoms with Gasteiger partial charge in [-0.1, -0.05) is 11.6 Å². The summed E-state index contributed by atoms with van der Waals surface area (Å²) >= 11 is 5.80.